The molecule has 0 N–H and O–H groups in total. The van der Waals surface area contributed by atoms with Crippen molar-refractivity contribution in [2.75, 3.05) is 13.2 Å². The predicted molar refractivity (Wildman–Crippen MR) is 72.0 cm³/mol. The van der Waals surface area contributed by atoms with Crippen LogP contribution in [0.5, 0.6) is 5.88 Å². The first-order valence-corrected chi connectivity index (χ1v) is 6.29. The van der Waals surface area contributed by atoms with Crippen LogP contribution in [0.25, 0.3) is 10.9 Å². The first-order valence-electron chi connectivity index (χ1n) is 6.29. The Bertz CT molecular complexity index is 632. The zero-order chi connectivity index (χ0) is 14.5. The van der Waals surface area contributed by atoms with E-state index in [1.165, 1.54) is 4.57 Å². The third kappa shape index (κ3) is 2.74. The number of hydrogen-bond acceptors (Lipinski definition) is 5. The van der Waals surface area contributed by atoms with Gasteiger partial charge in [0.15, 0.2) is 0 Å². The highest BCUT2D eigenvalue weighted by atomic mass is 16.7. The molecule has 0 unspecified atom stereocenters. The second-order valence-electron chi connectivity index (χ2n) is 3.86. The molecule has 0 aliphatic heterocycles. The van der Waals surface area contributed by atoms with Crippen molar-refractivity contribution in [2.24, 2.45) is 0 Å². The predicted octanol–water partition coefficient (Wildman–Crippen LogP) is 3.18. The fourth-order valence-electron chi connectivity index (χ4n) is 1.81. The van der Waals surface area contributed by atoms with Gasteiger partial charge in [-0.05, 0) is 19.9 Å². The van der Waals surface area contributed by atoms with Gasteiger partial charge in [0.05, 0.1) is 18.7 Å². The largest absolute Gasteiger partial charge is 0.515 e. The molecular weight excluding hydrogens is 262 g/mol. The molecule has 2 rings (SSSR count). The number of nitrogens with zero attached hydrogens (tertiary/aromatic N) is 1. The molecule has 0 radical (unpaired) electrons. The molecule has 6 nitrogen and oxygen atoms in total. The summed E-state index contributed by atoms with van der Waals surface area (Å²) in [6.07, 6.45) is -1.46. The molecular formula is C14H15NO5. The Morgan fingerprint density at radius 2 is 1.80 bits per heavy atom. The maximum absolute atomic E-state index is 12.0. The van der Waals surface area contributed by atoms with Gasteiger partial charge in [0.25, 0.3) is 0 Å². The van der Waals surface area contributed by atoms with Crippen molar-refractivity contribution >= 4 is 23.2 Å². The topological polar surface area (TPSA) is 66.8 Å². The van der Waals surface area contributed by atoms with Crippen LogP contribution in [0.2, 0.25) is 0 Å². The minimum Gasteiger partial charge on any atom is -0.449 e. The molecule has 1 heterocycles. The average Bonchev–Trinajstić information content (AvgIpc) is 2.76. The maximum Gasteiger partial charge on any atom is 0.515 e. The summed E-state index contributed by atoms with van der Waals surface area (Å²) in [5.41, 5.74) is 0.602. The van der Waals surface area contributed by atoms with E-state index in [2.05, 4.69) is 0 Å². The number of fused-ring (bicyclic) bond motifs is 1. The first kappa shape index (κ1) is 13.9. The number of rotatable bonds is 3. The number of aromatic nitrogens is 1. The normalized spacial score (nSPS) is 10.3. The van der Waals surface area contributed by atoms with Gasteiger partial charge >= 0.3 is 12.2 Å². The Balaban J connectivity index is 2.44. The van der Waals surface area contributed by atoms with Gasteiger partial charge in [0.1, 0.15) is 0 Å². The van der Waals surface area contributed by atoms with E-state index < -0.39 is 12.2 Å². The monoisotopic (exact) mass is 277 g/mol. The standard InChI is InChI=1S/C14H15NO5/c1-3-18-13(16)15-11-8-6-5-7-10(11)9-12(15)20-14(17)19-4-2/h5-9H,3-4H2,1-2H3. The van der Waals surface area contributed by atoms with Crippen molar-refractivity contribution in [1.82, 2.24) is 4.57 Å². The fourth-order valence-corrected chi connectivity index (χ4v) is 1.81. The van der Waals surface area contributed by atoms with Crippen LogP contribution < -0.4 is 4.74 Å². The molecule has 0 amide bonds. The van der Waals surface area contributed by atoms with Crippen LogP contribution in [-0.2, 0) is 9.47 Å². The molecule has 0 aliphatic rings. The Kier molecular flexibility index (Phi) is 4.24. The fraction of sp³-hybridized carbons (Fsp3) is 0.286. The van der Waals surface area contributed by atoms with Gasteiger partial charge in [-0.3, -0.25) is 0 Å². The Labute approximate surface area is 115 Å². The summed E-state index contributed by atoms with van der Waals surface area (Å²) < 4.78 is 15.9. The van der Waals surface area contributed by atoms with Crippen LogP contribution in [0.1, 0.15) is 13.8 Å². The number of ether oxygens (including phenoxy) is 3. The third-order valence-corrected chi connectivity index (χ3v) is 2.58. The Hall–Kier alpha value is -2.50. The van der Waals surface area contributed by atoms with E-state index in [-0.39, 0.29) is 19.1 Å². The van der Waals surface area contributed by atoms with Gasteiger partial charge < -0.3 is 14.2 Å². The van der Waals surface area contributed by atoms with E-state index in [0.717, 1.165) is 5.39 Å². The summed E-state index contributed by atoms with van der Waals surface area (Å²) >= 11 is 0. The lowest BCUT2D eigenvalue weighted by atomic mass is 10.2. The van der Waals surface area contributed by atoms with Gasteiger partial charge in [-0.25, -0.2) is 14.2 Å². The molecule has 0 bridgehead atoms. The summed E-state index contributed by atoms with van der Waals surface area (Å²) in [5, 5.41) is 0.764. The van der Waals surface area contributed by atoms with Gasteiger partial charge in [0, 0.05) is 11.5 Å². The Morgan fingerprint density at radius 3 is 2.50 bits per heavy atom. The van der Waals surface area contributed by atoms with Gasteiger partial charge in [-0.1, -0.05) is 18.2 Å². The van der Waals surface area contributed by atoms with E-state index in [1.54, 1.807) is 32.0 Å². The van der Waals surface area contributed by atoms with Gasteiger partial charge in [0.2, 0.25) is 5.88 Å². The second-order valence-corrected chi connectivity index (χ2v) is 3.86. The molecule has 106 valence electrons. The third-order valence-electron chi connectivity index (χ3n) is 2.58. The van der Waals surface area contributed by atoms with Crippen molar-refractivity contribution in [2.45, 2.75) is 13.8 Å². The second kappa shape index (κ2) is 6.10. The lowest BCUT2D eigenvalue weighted by Crippen LogP contribution is -2.18. The smallest absolute Gasteiger partial charge is 0.449 e. The molecule has 0 fully saturated rings. The molecule has 1 aromatic heterocycles. The summed E-state index contributed by atoms with van der Waals surface area (Å²) in [4.78, 5) is 23.4. The number of benzene rings is 1. The number of hydrogen-bond donors (Lipinski definition) is 0. The van der Waals surface area contributed by atoms with E-state index in [4.69, 9.17) is 14.2 Å². The van der Waals surface area contributed by atoms with Gasteiger partial charge in [-0.15, -0.1) is 0 Å². The SMILES string of the molecule is CCOC(=O)Oc1cc2ccccc2n1C(=O)OCC. The lowest BCUT2D eigenvalue weighted by molar-refractivity contribution is 0.100. The Morgan fingerprint density at radius 1 is 1.10 bits per heavy atom. The van der Waals surface area contributed by atoms with Crippen LogP contribution in [0, 0.1) is 0 Å². The van der Waals surface area contributed by atoms with Gasteiger partial charge in [-0.2, -0.15) is 0 Å². The quantitative estimate of drug-likeness (QED) is 0.806. The van der Waals surface area contributed by atoms with E-state index in [1.807, 2.05) is 12.1 Å². The highest BCUT2D eigenvalue weighted by Crippen LogP contribution is 2.26. The van der Waals surface area contributed by atoms with Crippen LogP contribution >= 0.6 is 0 Å². The average molecular weight is 277 g/mol. The van der Waals surface area contributed by atoms with Crippen molar-refractivity contribution in [3.63, 3.8) is 0 Å². The molecule has 0 saturated heterocycles. The zero-order valence-electron chi connectivity index (χ0n) is 11.3. The van der Waals surface area contributed by atoms with Crippen LogP contribution in [-0.4, -0.2) is 30.0 Å². The minimum absolute atomic E-state index is 0.0723. The van der Waals surface area contributed by atoms with Crippen LogP contribution in [0.15, 0.2) is 30.3 Å². The molecule has 6 heteroatoms. The number of carbonyl (C=O) groups is 2. The summed E-state index contributed by atoms with van der Waals surface area (Å²) in [6.45, 7) is 3.79. The van der Waals surface area contributed by atoms with E-state index in [0.29, 0.717) is 5.52 Å². The molecule has 0 aliphatic carbocycles. The van der Waals surface area contributed by atoms with Crippen molar-refractivity contribution in [1.29, 1.82) is 0 Å². The highest BCUT2D eigenvalue weighted by molar-refractivity contribution is 5.92. The number of para-hydroxylation sites is 1. The highest BCUT2D eigenvalue weighted by Gasteiger charge is 2.19. The molecule has 2 aromatic rings. The first-order chi connectivity index (χ1) is 9.67. The molecule has 1 aromatic carbocycles. The summed E-state index contributed by atoms with van der Waals surface area (Å²) in [7, 11) is 0. The zero-order valence-corrected chi connectivity index (χ0v) is 11.3. The van der Waals surface area contributed by atoms with Crippen molar-refractivity contribution in [3.8, 4) is 5.88 Å². The van der Waals surface area contributed by atoms with E-state index in [9.17, 15) is 9.59 Å². The minimum atomic E-state index is -0.860. The van der Waals surface area contributed by atoms with Crippen LogP contribution in [0.3, 0.4) is 0 Å². The van der Waals surface area contributed by atoms with Crippen molar-refractivity contribution in [3.05, 3.63) is 30.3 Å². The maximum atomic E-state index is 12.0. The van der Waals surface area contributed by atoms with Crippen molar-refractivity contribution < 1.29 is 23.8 Å². The van der Waals surface area contributed by atoms with E-state index >= 15 is 0 Å². The molecule has 0 saturated carbocycles. The molecule has 0 spiro atoms. The summed E-state index contributed by atoms with van der Waals surface area (Å²) in [6, 6.07) is 8.74. The van der Waals surface area contributed by atoms with Crippen LogP contribution in [0.4, 0.5) is 9.59 Å². The summed E-state index contributed by atoms with van der Waals surface area (Å²) in [5.74, 6) is 0.0723. The molecule has 0 atom stereocenters. The lowest BCUT2D eigenvalue weighted by Gasteiger charge is -2.08. The number of carbonyl (C=O) groups excluding carboxylic acids is 2. The molecule has 20 heavy (non-hydrogen) atoms.